The Kier molecular flexibility index (Phi) is 7.44. The molecule has 3 rings (SSSR count). The molecule has 180 valence electrons. The summed E-state index contributed by atoms with van der Waals surface area (Å²) in [6, 6.07) is 11.0. The number of aryl methyl sites for hydroxylation is 2. The van der Waals surface area contributed by atoms with Crippen LogP contribution in [-0.4, -0.2) is 55.1 Å². The van der Waals surface area contributed by atoms with Crippen LogP contribution in [0.3, 0.4) is 0 Å². The maximum atomic E-state index is 12.4. The molecule has 0 unspecified atom stereocenters. The van der Waals surface area contributed by atoms with E-state index in [1.165, 1.54) is 26.2 Å². The molecule has 1 heterocycles. The van der Waals surface area contributed by atoms with Gasteiger partial charge in [-0.1, -0.05) is 17.7 Å². The van der Waals surface area contributed by atoms with Crippen molar-refractivity contribution in [3.63, 3.8) is 0 Å². The van der Waals surface area contributed by atoms with Crippen LogP contribution in [0.2, 0.25) is 5.02 Å². The molecule has 0 aliphatic heterocycles. The second-order valence-corrected chi connectivity index (χ2v) is 10.4. The number of rotatable bonds is 7. The first-order valence-electron chi connectivity index (χ1n) is 10.2. The van der Waals surface area contributed by atoms with Crippen molar-refractivity contribution in [3.8, 4) is 5.69 Å². The van der Waals surface area contributed by atoms with Gasteiger partial charge in [0.25, 0.3) is 5.91 Å². The van der Waals surface area contributed by atoms with Crippen LogP contribution in [0.1, 0.15) is 27.3 Å². The summed E-state index contributed by atoms with van der Waals surface area (Å²) in [5.41, 5.74) is 3.45. The Bertz CT molecular complexity index is 1350. The molecule has 2 aromatic carbocycles. The molecule has 0 spiro atoms. The van der Waals surface area contributed by atoms with Gasteiger partial charge in [0.1, 0.15) is 0 Å². The van der Waals surface area contributed by atoms with Crippen molar-refractivity contribution in [2.45, 2.75) is 25.7 Å². The van der Waals surface area contributed by atoms with E-state index < -0.39 is 28.5 Å². The molecular weight excluding hydrogens is 480 g/mol. The fraction of sp³-hybridized carbons (Fsp3) is 0.261. The molecule has 1 amide bonds. The molecule has 0 saturated carbocycles. The smallest absolute Gasteiger partial charge is 0.338 e. The highest BCUT2D eigenvalue weighted by molar-refractivity contribution is 7.89. The Morgan fingerprint density at radius 2 is 1.74 bits per heavy atom. The van der Waals surface area contributed by atoms with Crippen LogP contribution in [0, 0.1) is 20.8 Å². The quantitative estimate of drug-likeness (QED) is 0.493. The Balaban J connectivity index is 1.64. The number of amides is 1. The normalized spacial score (nSPS) is 11.5. The maximum absolute atomic E-state index is 12.4. The van der Waals surface area contributed by atoms with E-state index in [-0.39, 0.29) is 10.5 Å². The zero-order chi connectivity index (χ0) is 25.2. The highest BCUT2D eigenvalue weighted by atomic mass is 35.5. The minimum atomic E-state index is -3.66. The zero-order valence-electron chi connectivity index (χ0n) is 19.4. The average molecular weight is 505 g/mol. The van der Waals surface area contributed by atoms with E-state index in [1.807, 2.05) is 13.8 Å². The minimum absolute atomic E-state index is 0.0411. The van der Waals surface area contributed by atoms with Crippen LogP contribution in [0.5, 0.6) is 0 Å². The molecule has 1 N–H and O–H groups in total. The van der Waals surface area contributed by atoms with Gasteiger partial charge in [-0.3, -0.25) is 4.79 Å². The van der Waals surface area contributed by atoms with Crippen molar-refractivity contribution in [2.24, 2.45) is 0 Å². The van der Waals surface area contributed by atoms with Gasteiger partial charge in [0, 0.05) is 19.8 Å². The monoisotopic (exact) mass is 504 g/mol. The summed E-state index contributed by atoms with van der Waals surface area (Å²) in [7, 11) is -0.813. The molecule has 0 atom stereocenters. The largest absolute Gasteiger partial charge is 0.452 e. The number of nitrogens with one attached hydrogen (secondary N) is 1. The summed E-state index contributed by atoms with van der Waals surface area (Å²) in [5.74, 6) is -1.27. The number of carbonyl (C=O) groups is 2. The molecule has 0 fully saturated rings. The van der Waals surface area contributed by atoms with Crippen LogP contribution in [0.25, 0.3) is 5.69 Å². The lowest BCUT2D eigenvalue weighted by Crippen LogP contribution is -2.23. The van der Waals surface area contributed by atoms with Crippen LogP contribution >= 0.6 is 11.6 Å². The van der Waals surface area contributed by atoms with Crippen molar-refractivity contribution in [2.75, 3.05) is 26.0 Å². The highest BCUT2D eigenvalue weighted by Gasteiger charge is 2.19. The molecule has 0 aliphatic rings. The number of sulfonamides is 1. The SMILES string of the molecule is Cc1ccc(S(=O)(=O)N(C)C)cc1NC(=O)COC(=O)c1ccc(-n2nc(C)c(Cl)c2C)cc1. The van der Waals surface area contributed by atoms with Crippen molar-refractivity contribution < 1.29 is 22.7 Å². The van der Waals surface area contributed by atoms with Gasteiger partial charge < -0.3 is 10.1 Å². The fourth-order valence-electron chi connectivity index (χ4n) is 3.12. The number of nitrogens with zero attached hydrogens (tertiary/aromatic N) is 3. The molecule has 11 heteroatoms. The van der Waals surface area contributed by atoms with E-state index in [9.17, 15) is 18.0 Å². The van der Waals surface area contributed by atoms with Crippen LogP contribution in [0.15, 0.2) is 47.4 Å². The third kappa shape index (κ3) is 5.30. The Hall–Kier alpha value is -3.21. The van der Waals surface area contributed by atoms with E-state index in [4.69, 9.17) is 16.3 Å². The molecular formula is C23H25ClN4O5S. The Morgan fingerprint density at radius 3 is 2.29 bits per heavy atom. The summed E-state index contributed by atoms with van der Waals surface area (Å²) in [6.07, 6.45) is 0. The van der Waals surface area contributed by atoms with Crippen molar-refractivity contribution in [1.82, 2.24) is 14.1 Å². The number of hydrogen-bond donors (Lipinski definition) is 1. The highest BCUT2D eigenvalue weighted by Crippen LogP contribution is 2.23. The fourth-order valence-corrected chi connectivity index (χ4v) is 4.17. The number of anilines is 1. The van der Waals surface area contributed by atoms with Crippen LogP contribution in [0.4, 0.5) is 5.69 Å². The second kappa shape index (κ2) is 9.96. The van der Waals surface area contributed by atoms with E-state index in [0.29, 0.717) is 22.0 Å². The van der Waals surface area contributed by atoms with Gasteiger partial charge in [0.05, 0.1) is 32.6 Å². The standard InChI is InChI=1S/C23H25ClN4O5S/c1-14-6-11-19(34(31,32)27(4)5)12-20(14)25-21(29)13-33-23(30)17-7-9-18(10-8-17)28-16(3)22(24)15(2)26-28/h6-12H,13H2,1-5H3,(H,25,29). The van der Waals surface area contributed by atoms with Gasteiger partial charge in [-0.25, -0.2) is 22.2 Å². The average Bonchev–Trinajstić information content (AvgIpc) is 3.06. The topological polar surface area (TPSA) is 111 Å². The number of ether oxygens (including phenoxy) is 1. The van der Waals surface area contributed by atoms with Crippen LogP contribution < -0.4 is 5.32 Å². The van der Waals surface area contributed by atoms with Gasteiger partial charge in [-0.05, 0) is 62.7 Å². The third-order valence-corrected chi connectivity index (χ3v) is 7.50. The Labute approximate surface area is 203 Å². The van der Waals surface area contributed by atoms with Gasteiger partial charge in [-0.2, -0.15) is 5.10 Å². The number of benzene rings is 2. The van der Waals surface area contributed by atoms with Crippen molar-refractivity contribution in [3.05, 3.63) is 70.0 Å². The first-order valence-corrected chi connectivity index (χ1v) is 12.1. The number of halogens is 1. The minimum Gasteiger partial charge on any atom is -0.452 e. The zero-order valence-corrected chi connectivity index (χ0v) is 21.0. The maximum Gasteiger partial charge on any atom is 0.338 e. The van der Waals surface area contributed by atoms with Crippen LogP contribution in [-0.2, 0) is 19.6 Å². The first kappa shape index (κ1) is 25.4. The van der Waals surface area contributed by atoms with Crippen molar-refractivity contribution in [1.29, 1.82) is 0 Å². The van der Waals surface area contributed by atoms with E-state index in [2.05, 4.69) is 10.4 Å². The molecule has 0 aliphatic carbocycles. The lowest BCUT2D eigenvalue weighted by molar-refractivity contribution is -0.119. The molecule has 34 heavy (non-hydrogen) atoms. The summed E-state index contributed by atoms with van der Waals surface area (Å²) in [5, 5.41) is 7.54. The van der Waals surface area contributed by atoms with E-state index in [1.54, 1.807) is 41.9 Å². The summed E-state index contributed by atoms with van der Waals surface area (Å²) in [6.45, 7) is 4.85. The summed E-state index contributed by atoms with van der Waals surface area (Å²) < 4.78 is 32.5. The molecule has 9 nitrogen and oxygen atoms in total. The van der Waals surface area contributed by atoms with E-state index in [0.717, 1.165) is 15.7 Å². The van der Waals surface area contributed by atoms with Crippen molar-refractivity contribution >= 4 is 39.2 Å². The van der Waals surface area contributed by atoms with Gasteiger partial charge in [-0.15, -0.1) is 0 Å². The van der Waals surface area contributed by atoms with Gasteiger partial charge in [0.15, 0.2) is 6.61 Å². The summed E-state index contributed by atoms with van der Waals surface area (Å²) in [4.78, 5) is 24.7. The Morgan fingerprint density at radius 1 is 1.09 bits per heavy atom. The molecule has 3 aromatic rings. The third-order valence-electron chi connectivity index (χ3n) is 5.15. The number of aromatic nitrogens is 2. The molecule has 1 aromatic heterocycles. The van der Waals surface area contributed by atoms with E-state index >= 15 is 0 Å². The number of esters is 1. The number of hydrogen-bond acceptors (Lipinski definition) is 6. The lowest BCUT2D eigenvalue weighted by atomic mass is 10.2. The second-order valence-electron chi connectivity index (χ2n) is 7.83. The van der Waals surface area contributed by atoms with Gasteiger partial charge in [0.2, 0.25) is 10.0 Å². The first-order chi connectivity index (χ1) is 15.9. The molecule has 0 radical (unpaired) electrons. The lowest BCUT2D eigenvalue weighted by Gasteiger charge is -2.14. The summed E-state index contributed by atoms with van der Waals surface area (Å²) >= 11 is 6.19. The predicted octanol–water partition coefficient (Wildman–Crippen LogP) is 3.50. The van der Waals surface area contributed by atoms with Gasteiger partial charge >= 0.3 is 5.97 Å². The molecule has 0 bridgehead atoms. The number of carbonyl (C=O) groups excluding carboxylic acids is 2. The predicted molar refractivity (Wildman–Crippen MR) is 129 cm³/mol. The molecule has 0 saturated heterocycles.